The molecule has 0 aliphatic heterocycles. The van der Waals surface area contributed by atoms with E-state index < -0.39 is 0 Å². The van der Waals surface area contributed by atoms with Gasteiger partial charge in [0.2, 0.25) is 0 Å². The van der Waals surface area contributed by atoms with Gasteiger partial charge in [-0.15, -0.1) is 0 Å². The zero-order chi connectivity index (χ0) is 21.8. The van der Waals surface area contributed by atoms with Crippen LogP contribution in [0.4, 0.5) is 4.39 Å². The van der Waals surface area contributed by atoms with Crippen molar-refractivity contribution in [1.82, 2.24) is 9.78 Å². The molecule has 0 amide bonds. The molecule has 2 aromatic rings. The van der Waals surface area contributed by atoms with Crippen molar-refractivity contribution in [2.75, 3.05) is 6.67 Å². The number of alkyl halides is 1. The van der Waals surface area contributed by atoms with E-state index in [0.29, 0.717) is 5.92 Å². The maximum Gasteiger partial charge on any atom is 0.108 e. The molecule has 0 radical (unpaired) electrons. The predicted octanol–water partition coefficient (Wildman–Crippen LogP) is 7.57. The van der Waals surface area contributed by atoms with Crippen LogP contribution < -0.4 is 0 Å². The summed E-state index contributed by atoms with van der Waals surface area (Å²) in [6.45, 7) is 6.34. The lowest BCUT2D eigenvalue weighted by atomic mass is 9.58. The van der Waals surface area contributed by atoms with Gasteiger partial charge in [0, 0.05) is 0 Å². The number of rotatable bonds is 7. The lowest BCUT2D eigenvalue weighted by Gasteiger charge is -2.46. The molecule has 0 N–H and O–H groups in total. The SMILES string of the molecule is C/C=C(\C/C=C\CF)CCC1CCCC2=Cc3c(cnn3-c3ccc(C)cc3)CC21C. The second kappa shape index (κ2) is 9.38. The van der Waals surface area contributed by atoms with Crippen LogP contribution in [0.3, 0.4) is 0 Å². The third-order valence-electron chi connectivity index (χ3n) is 7.52. The van der Waals surface area contributed by atoms with Gasteiger partial charge in [-0.3, -0.25) is 0 Å². The highest BCUT2D eigenvalue weighted by Gasteiger charge is 2.42. The van der Waals surface area contributed by atoms with Gasteiger partial charge in [0.15, 0.2) is 0 Å². The fourth-order valence-electron chi connectivity index (χ4n) is 5.52. The van der Waals surface area contributed by atoms with Crippen LogP contribution in [0.2, 0.25) is 0 Å². The Bertz CT molecular complexity index is 993. The Morgan fingerprint density at radius 3 is 2.81 bits per heavy atom. The second-order valence-corrected chi connectivity index (χ2v) is 9.47. The van der Waals surface area contributed by atoms with Crippen LogP contribution in [0.5, 0.6) is 0 Å². The van der Waals surface area contributed by atoms with Crippen molar-refractivity contribution in [1.29, 1.82) is 0 Å². The zero-order valence-electron chi connectivity index (χ0n) is 19.2. The van der Waals surface area contributed by atoms with E-state index in [2.05, 4.69) is 68.1 Å². The van der Waals surface area contributed by atoms with Crippen molar-refractivity contribution in [2.45, 2.75) is 65.7 Å². The average molecular weight is 419 g/mol. The second-order valence-electron chi connectivity index (χ2n) is 9.47. The van der Waals surface area contributed by atoms with Gasteiger partial charge in [-0.05, 0) is 93.9 Å². The fourth-order valence-corrected chi connectivity index (χ4v) is 5.52. The molecule has 3 heteroatoms. The third kappa shape index (κ3) is 4.46. The van der Waals surface area contributed by atoms with E-state index in [-0.39, 0.29) is 12.1 Å². The van der Waals surface area contributed by atoms with E-state index in [0.717, 1.165) is 24.9 Å². The molecule has 0 bridgehead atoms. The molecule has 2 unspecified atom stereocenters. The number of aromatic nitrogens is 2. The Hall–Kier alpha value is -2.42. The van der Waals surface area contributed by atoms with Crippen molar-refractivity contribution >= 4 is 6.08 Å². The van der Waals surface area contributed by atoms with Crippen molar-refractivity contribution in [3.63, 3.8) is 0 Å². The quantitative estimate of drug-likeness (QED) is 0.424. The van der Waals surface area contributed by atoms with Crippen LogP contribution in [-0.2, 0) is 6.42 Å². The van der Waals surface area contributed by atoms with Crippen molar-refractivity contribution in [3.05, 3.63) is 76.7 Å². The van der Waals surface area contributed by atoms with Gasteiger partial charge in [-0.2, -0.15) is 5.10 Å². The van der Waals surface area contributed by atoms with Gasteiger partial charge in [0.1, 0.15) is 6.67 Å². The molecule has 4 rings (SSSR count). The standard InChI is InChI=1S/C28H35FN2/c1-4-22(8-5-6-17-29)13-14-24-9-7-10-25-18-27-23(19-28(24,25)3)20-30-31(27)26-15-11-21(2)12-16-26/h4-6,11-12,15-16,18,20,24H,7-10,13-14,17,19H2,1-3H3/b6-5-,22-4+. The highest BCUT2D eigenvalue weighted by atomic mass is 19.1. The summed E-state index contributed by atoms with van der Waals surface area (Å²) in [5, 5.41) is 4.77. The van der Waals surface area contributed by atoms with Crippen molar-refractivity contribution < 1.29 is 4.39 Å². The van der Waals surface area contributed by atoms with E-state index in [1.54, 1.807) is 11.6 Å². The van der Waals surface area contributed by atoms with Gasteiger partial charge >= 0.3 is 0 Å². The number of halogens is 1. The first-order chi connectivity index (χ1) is 15.0. The number of aryl methyl sites for hydroxylation is 1. The highest BCUT2D eigenvalue weighted by molar-refractivity contribution is 5.61. The van der Waals surface area contributed by atoms with Gasteiger partial charge < -0.3 is 0 Å². The molecule has 1 aromatic heterocycles. The smallest absolute Gasteiger partial charge is 0.108 e. The molecule has 1 fully saturated rings. The summed E-state index contributed by atoms with van der Waals surface area (Å²) in [5.41, 5.74) is 8.29. The zero-order valence-corrected chi connectivity index (χ0v) is 19.2. The molecule has 1 aromatic carbocycles. The Balaban J connectivity index is 1.54. The average Bonchev–Trinajstić information content (AvgIpc) is 3.17. The Morgan fingerprint density at radius 1 is 1.26 bits per heavy atom. The maximum absolute atomic E-state index is 12.4. The Labute approximate surface area is 186 Å². The molecule has 1 heterocycles. The molecular weight excluding hydrogens is 383 g/mol. The number of allylic oxidation sites excluding steroid dienone is 5. The summed E-state index contributed by atoms with van der Waals surface area (Å²) >= 11 is 0. The molecular formula is C28H35FN2. The summed E-state index contributed by atoms with van der Waals surface area (Å²) in [6.07, 6.45) is 18.4. The first-order valence-corrected chi connectivity index (χ1v) is 11.7. The predicted molar refractivity (Wildman–Crippen MR) is 128 cm³/mol. The number of hydrogen-bond donors (Lipinski definition) is 0. The van der Waals surface area contributed by atoms with Crippen LogP contribution in [-0.4, -0.2) is 16.5 Å². The third-order valence-corrected chi connectivity index (χ3v) is 7.52. The molecule has 0 saturated heterocycles. The lowest BCUT2D eigenvalue weighted by Crippen LogP contribution is -2.37. The minimum Gasteiger partial charge on any atom is -0.247 e. The molecule has 164 valence electrons. The van der Waals surface area contributed by atoms with Gasteiger partial charge in [-0.1, -0.05) is 54.0 Å². The Morgan fingerprint density at radius 2 is 2.06 bits per heavy atom. The number of hydrogen-bond acceptors (Lipinski definition) is 1. The Kier molecular flexibility index (Phi) is 6.60. The van der Waals surface area contributed by atoms with Crippen LogP contribution in [0.15, 0.2) is 59.8 Å². The first-order valence-electron chi connectivity index (χ1n) is 11.7. The normalized spacial score (nSPS) is 23.5. The van der Waals surface area contributed by atoms with Crippen LogP contribution in [0.1, 0.15) is 69.2 Å². The van der Waals surface area contributed by atoms with Gasteiger partial charge in [0.25, 0.3) is 0 Å². The highest BCUT2D eigenvalue weighted by Crippen LogP contribution is 2.52. The summed E-state index contributed by atoms with van der Waals surface area (Å²) in [5.74, 6) is 0.684. The number of benzene rings is 1. The van der Waals surface area contributed by atoms with Crippen LogP contribution >= 0.6 is 0 Å². The fraction of sp³-hybridized carbons (Fsp3) is 0.464. The molecule has 31 heavy (non-hydrogen) atoms. The molecule has 2 atom stereocenters. The van der Waals surface area contributed by atoms with E-state index >= 15 is 0 Å². The molecule has 2 nitrogen and oxygen atoms in total. The van der Waals surface area contributed by atoms with E-state index in [4.69, 9.17) is 5.10 Å². The van der Waals surface area contributed by atoms with Gasteiger partial charge in [-0.25, -0.2) is 9.07 Å². The summed E-state index contributed by atoms with van der Waals surface area (Å²) < 4.78 is 14.5. The van der Waals surface area contributed by atoms with Crippen molar-refractivity contribution in [2.24, 2.45) is 11.3 Å². The van der Waals surface area contributed by atoms with E-state index in [1.165, 1.54) is 48.1 Å². The molecule has 1 saturated carbocycles. The lowest BCUT2D eigenvalue weighted by molar-refractivity contribution is 0.170. The van der Waals surface area contributed by atoms with Crippen LogP contribution in [0.25, 0.3) is 11.8 Å². The van der Waals surface area contributed by atoms with E-state index in [1.807, 2.05) is 6.08 Å². The number of fused-ring (bicyclic) bond motifs is 2. The summed E-state index contributed by atoms with van der Waals surface area (Å²) in [7, 11) is 0. The van der Waals surface area contributed by atoms with Crippen LogP contribution in [0, 0.1) is 18.3 Å². The molecule has 2 aliphatic rings. The maximum atomic E-state index is 12.4. The van der Waals surface area contributed by atoms with Crippen molar-refractivity contribution in [3.8, 4) is 5.69 Å². The monoisotopic (exact) mass is 418 g/mol. The summed E-state index contributed by atoms with van der Waals surface area (Å²) in [4.78, 5) is 0. The topological polar surface area (TPSA) is 17.8 Å². The van der Waals surface area contributed by atoms with Gasteiger partial charge in [0.05, 0.1) is 17.6 Å². The first kappa shape index (κ1) is 21.8. The molecule has 2 aliphatic carbocycles. The number of nitrogens with zero attached hydrogens (tertiary/aromatic N) is 2. The van der Waals surface area contributed by atoms with E-state index in [9.17, 15) is 4.39 Å². The minimum atomic E-state index is -0.371. The minimum absolute atomic E-state index is 0.222. The molecule has 0 spiro atoms. The largest absolute Gasteiger partial charge is 0.247 e. The summed E-state index contributed by atoms with van der Waals surface area (Å²) in [6, 6.07) is 8.63.